The van der Waals surface area contributed by atoms with Crippen LogP contribution in [0.25, 0.3) is 0 Å². The van der Waals surface area contributed by atoms with Gasteiger partial charge < -0.3 is 14.8 Å². The number of esters is 1. The predicted octanol–water partition coefficient (Wildman–Crippen LogP) is 3.55. The number of carbonyl (C=O) groups is 3. The number of Topliss-reactive ketones (excluding diaryl/α,β-unsaturated/α-hetero) is 1. The molecule has 4 aliphatic rings. The summed E-state index contributed by atoms with van der Waals surface area (Å²) in [6.07, 6.45) is 6.53. The van der Waals surface area contributed by atoms with Gasteiger partial charge in [0.15, 0.2) is 5.78 Å². The molecule has 3 aliphatic heterocycles. The van der Waals surface area contributed by atoms with Gasteiger partial charge in [0, 0.05) is 17.9 Å². The molecule has 6 heteroatoms. The molecule has 1 aromatic rings. The van der Waals surface area contributed by atoms with E-state index in [1.807, 2.05) is 37.3 Å². The zero-order valence-corrected chi connectivity index (χ0v) is 20.2. The summed E-state index contributed by atoms with van der Waals surface area (Å²) in [7, 11) is 0. The van der Waals surface area contributed by atoms with Crippen LogP contribution in [0, 0.1) is 23.7 Å². The molecule has 1 saturated carbocycles. The Balaban J connectivity index is 1.58. The zero-order chi connectivity index (χ0) is 24.3. The number of epoxide rings is 1. The van der Waals surface area contributed by atoms with E-state index in [1.54, 1.807) is 13.0 Å². The van der Waals surface area contributed by atoms with E-state index in [0.717, 1.165) is 5.56 Å². The van der Waals surface area contributed by atoms with Crippen molar-refractivity contribution in [2.24, 2.45) is 23.7 Å². The SMILES string of the molecule is CC1=CCC(=O)O[C@]23C(=O)N[C@H](Cc4ccccc4)[C@H]2[C@@H](C)[C@]2(C)O[C@@H]2[C@@H]3C=CC[C@@H](C)C1=O. The van der Waals surface area contributed by atoms with Gasteiger partial charge in [-0.05, 0) is 43.7 Å². The van der Waals surface area contributed by atoms with Crippen LogP contribution in [-0.2, 0) is 30.3 Å². The van der Waals surface area contributed by atoms with E-state index >= 15 is 0 Å². The molecule has 1 N–H and O–H groups in total. The van der Waals surface area contributed by atoms with Crippen molar-refractivity contribution in [2.45, 2.75) is 70.3 Å². The first kappa shape index (κ1) is 23.0. The van der Waals surface area contributed by atoms with E-state index in [0.29, 0.717) is 18.4 Å². The zero-order valence-electron chi connectivity index (χ0n) is 20.2. The Morgan fingerprint density at radius 3 is 2.59 bits per heavy atom. The molecule has 2 saturated heterocycles. The maximum Gasteiger partial charge on any atom is 0.310 e. The van der Waals surface area contributed by atoms with Crippen molar-refractivity contribution < 1.29 is 23.9 Å². The van der Waals surface area contributed by atoms with Crippen LogP contribution in [0.2, 0.25) is 0 Å². The number of hydrogen-bond acceptors (Lipinski definition) is 5. The maximum absolute atomic E-state index is 13.8. The molecule has 1 spiro atoms. The molecular weight excluding hydrogens is 430 g/mol. The number of hydrogen-bond donors (Lipinski definition) is 1. The molecule has 1 amide bonds. The molecule has 6 nitrogen and oxygen atoms in total. The first-order valence-electron chi connectivity index (χ1n) is 12.3. The van der Waals surface area contributed by atoms with Crippen LogP contribution in [0.3, 0.4) is 0 Å². The van der Waals surface area contributed by atoms with Crippen molar-refractivity contribution in [1.82, 2.24) is 5.32 Å². The number of fused-ring (bicyclic) bond motifs is 2. The summed E-state index contributed by atoms with van der Waals surface area (Å²) in [5.74, 6) is -1.55. The maximum atomic E-state index is 13.8. The molecular formula is C28H33NO5. The molecule has 1 aliphatic carbocycles. The van der Waals surface area contributed by atoms with Gasteiger partial charge in [-0.25, -0.2) is 0 Å². The van der Waals surface area contributed by atoms with E-state index in [-0.39, 0.29) is 53.6 Å². The van der Waals surface area contributed by atoms with E-state index < -0.39 is 17.5 Å². The van der Waals surface area contributed by atoms with Crippen LogP contribution in [-0.4, -0.2) is 41.0 Å². The van der Waals surface area contributed by atoms with Crippen LogP contribution in [0.4, 0.5) is 0 Å². The number of benzene rings is 1. The van der Waals surface area contributed by atoms with Crippen molar-refractivity contribution in [3.05, 3.63) is 59.7 Å². The Morgan fingerprint density at radius 2 is 1.85 bits per heavy atom. The standard InChI is InChI=1S/C28H33NO5/c1-16-9-8-12-20-25-27(4,34-25)18(3)23-21(15-19-10-6-5-7-11-19)29-26(32)28(20,23)33-22(30)14-13-17(2)24(16)31/h5-8,10-13,16,18,20-21,23,25H,9,14-15H2,1-4H3,(H,29,32)/t16-,18-,20+,21-,23-,25-,27+,28+/m1/s1. The van der Waals surface area contributed by atoms with Crippen LogP contribution < -0.4 is 5.32 Å². The van der Waals surface area contributed by atoms with E-state index in [9.17, 15) is 14.4 Å². The number of ether oxygens (including phenoxy) is 2. The summed E-state index contributed by atoms with van der Waals surface area (Å²) in [6.45, 7) is 7.83. The van der Waals surface area contributed by atoms with Gasteiger partial charge in [-0.3, -0.25) is 14.4 Å². The lowest BCUT2D eigenvalue weighted by atomic mass is 9.59. The predicted molar refractivity (Wildman–Crippen MR) is 127 cm³/mol. The van der Waals surface area contributed by atoms with Gasteiger partial charge in [-0.15, -0.1) is 0 Å². The van der Waals surface area contributed by atoms with Gasteiger partial charge in [0.25, 0.3) is 5.91 Å². The van der Waals surface area contributed by atoms with Gasteiger partial charge in [0.1, 0.15) is 0 Å². The molecule has 0 unspecified atom stereocenters. The monoisotopic (exact) mass is 463 g/mol. The average Bonchev–Trinajstić information content (AvgIpc) is 3.43. The molecule has 1 aromatic carbocycles. The summed E-state index contributed by atoms with van der Waals surface area (Å²) in [5.41, 5.74) is -0.0388. The fourth-order valence-corrected chi connectivity index (χ4v) is 6.50. The minimum Gasteiger partial charge on any atom is -0.448 e. The highest BCUT2D eigenvalue weighted by atomic mass is 16.6. The number of amides is 1. The van der Waals surface area contributed by atoms with E-state index in [2.05, 4.69) is 31.3 Å². The third-order valence-corrected chi connectivity index (χ3v) is 8.58. The second-order valence-corrected chi connectivity index (χ2v) is 10.6. The number of nitrogens with one attached hydrogen (secondary N) is 1. The Bertz CT molecular complexity index is 1080. The quantitative estimate of drug-likeness (QED) is 0.412. The highest BCUT2D eigenvalue weighted by Gasteiger charge is 2.78. The fraction of sp³-hybridized carbons (Fsp3) is 0.536. The van der Waals surface area contributed by atoms with Gasteiger partial charge >= 0.3 is 5.97 Å². The summed E-state index contributed by atoms with van der Waals surface area (Å²) >= 11 is 0. The Kier molecular flexibility index (Phi) is 5.55. The number of carbonyl (C=O) groups excluding carboxylic acids is 3. The second kappa shape index (κ2) is 8.19. The van der Waals surface area contributed by atoms with Crippen LogP contribution >= 0.6 is 0 Å². The van der Waals surface area contributed by atoms with Crippen molar-refractivity contribution in [2.75, 3.05) is 0 Å². The smallest absolute Gasteiger partial charge is 0.310 e. The average molecular weight is 464 g/mol. The Morgan fingerprint density at radius 1 is 1.12 bits per heavy atom. The minimum atomic E-state index is -1.33. The first-order valence-corrected chi connectivity index (χ1v) is 12.3. The molecule has 0 radical (unpaired) electrons. The van der Waals surface area contributed by atoms with Crippen molar-refractivity contribution in [3.8, 4) is 0 Å². The normalized spacial score (nSPS) is 41.6. The largest absolute Gasteiger partial charge is 0.448 e. The lowest BCUT2D eigenvalue weighted by Crippen LogP contribution is -2.61. The van der Waals surface area contributed by atoms with Gasteiger partial charge in [-0.2, -0.15) is 0 Å². The summed E-state index contributed by atoms with van der Waals surface area (Å²) < 4.78 is 12.5. The lowest BCUT2D eigenvalue weighted by molar-refractivity contribution is -0.181. The van der Waals surface area contributed by atoms with Gasteiger partial charge in [-0.1, -0.05) is 62.4 Å². The fourth-order valence-electron chi connectivity index (χ4n) is 6.50. The Hall–Kier alpha value is -2.73. The molecule has 34 heavy (non-hydrogen) atoms. The van der Waals surface area contributed by atoms with Crippen molar-refractivity contribution in [3.63, 3.8) is 0 Å². The Labute approximate surface area is 200 Å². The molecule has 3 heterocycles. The van der Waals surface area contributed by atoms with Crippen LogP contribution in [0.1, 0.15) is 46.1 Å². The van der Waals surface area contributed by atoms with E-state index in [4.69, 9.17) is 9.47 Å². The van der Waals surface area contributed by atoms with Crippen LogP contribution in [0.5, 0.6) is 0 Å². The van der Waals surface area contributed by atoms with Crippen molar-refractivity contribution >= 4 is 17.7 Å². The second-order valence-electron chi connectivity index (χ2n) is 10.6. The molecule has 3 fully saturated rings. The number of ketones is 1. The molecule has 8 atom stereocenters. The third kappa shape index (κ3) is 3.46. The summed E-state index contributed by atoms with van der Waals surface area (Å²) in [4.78, 5) is 39.5. The summed E-state index contributed by atoms with van der Waals surface area (Å²) in [6, 6.07) is 9.89. The highest BCUT2D eigenvalue weighted by molar-refractivity contribution is 5.97. The van der Waals surface area contributed by atoms with E-state index in [1.165, 1.54) is 0 Å². The molecule has 0 bridgehead atoms. The number of allylic oxidation sites excluding steroid dienone is 2. The van der Waals surface area contributed by atoms with Crippen LogP contribution in [0.15, 0.2) is 54.1 Å². The van der Waals surface area contributed by atoms with Gasteiger partial charge in [0.05, 0.1) is 24.0 Å². The topological polar surface area (TPSA) is 85.0 Å². The summed E-state index contributed by atoms with van der Waals surface area (Å²) in [5, 5.41) is 3.21. The third-order valence-electron chi connectivity index (χ3n) is 8.58. The molecule has 0 aromatic heterocycles. The molecule has 180 valence electrons. The highest BCUT2D eigenvalue weighted by Crippen LogP contribution is 2.63. The minimum absolute atomic E-state index is 0.00768. The van der Waals surface area contributed by atoms with Crippen molar-refractivity contribution in [1.29, 1.82) is 0 Å². The number of rotatable bonds is 2. The van der Waals surface area contributed by atoms with Gasteiger partial charge in [0.2, 0.25) is 5.60 Å². The first-order chi connectivity index (χ1) is 16.2. The molecule has 5 rings (SSSR count). The lowest BCUT2D eigenvalue weighted by Gasteiger charge is -2.46.